The third-order valence-corrected chi connectivity index (χ3v) is 5.73. The summed E-state index contributed by atoms with van der Waals surface area (Å²) in [6, 6.07) is 16.8. The van der Waals surface area contributed by atoms with E-state index in [-0.39, 0.29) is 11.6 Å². The Hall–Kier alpha value is -2.99. The first kappa shape index (κ1) is 21.7. The highest BCUT2D eigenvalue weighted by atomic mass is 16.6. The van der Waals surface area contributed by atoms with Gasteiger partial charge in [-0.25, -0.2) is 0 Å². The number of likely N-dealkylation sites (N-methyl/N-ethyl adjacent to an activating group) is 1. The van der Waals surface area contributed by atoms with Gasteiger partial charge in [0.15, 0.2) is 0 Å². The van der Waals surface area contributed by atoms with Crippen LogP contribution in [-0.2, 0) is 11.3 Å². The fourth-order valence-electron chi connectivity index (χ4n) is 3.76. The van der Waals surface area contributed by atoms with E-state index in [0.717, 1.165) is 38.2 Å². The average molecular weight is 408 g/mol. The van der Waals surface area contributed by atoms with Gasteiger partial charge in [-0.05, 0) is 67.6 Å². The van der Waals surface area contributed by atoms with Gasteiger partial charge in [0, 0.05) is 38.3 Å². The molecule has 1 aliphatic heterocycles. The standard InChI is InChI=1S/C24H29N3O3/c1-25(24(28)12-9-20-7-10-23(11-8-20)27(29)30)16-13-21-14-17-26(18-15-21)19-22-5-3-2-4-6-22/h2-12,21H,13-19H2,1H3/b12-9+. The Kier molecular flexibility index (Phi) is 7.74. The van der Waals surface area contributed by atoms with E-state index in [9.17, 15) is 14.9 Å². The van der Waals surface area contributed by atoms with E-state index in [1.807, 2.05) is 7.05 Å². The van der Waals surface area contributed by atoms with Crippen molar-refractivity contribution in [2.24, 2.45) is 5.92 Å². The number of nitro groups is 1. The summed E-state index contributed by atoms with van der Waals surface area (Å²) in [4.78, 5) is 26.9. The molecule has 1 fully saturated rings. The van der Waals surface area contributed by atoms with Crippen LogP contribution in [0.25, 0.3) is 6.08 Å². The van der Waals surface area contributed by atoms with Crippen LogP contribution in [-0.4, -0.2) is 47.3 Å². The van der Waals surface area contributed by atoms with Crippen molar-refractivity contribution >= 4 is 17.7 Å². The van der Waals surface area contributed by atoms with Crippen LogP contribution in [0.5, 0.6) is 0 Å². The van der Waals surface area contributed by atoms with Gasteiger partial charge in [-0.3, -0.25) is 19.8 Å². The monoisotopic (exact) mass is 407 g/mol. The van der Waals surface area contributed by atoms with Crippen molar-refractivity contribution in [3.63, 3.8) is 0 Å². The molecule has 0 atom stereocenters. The van der Waals surface area contributed by atoms with Crippen LogP contribution in [0.2, 0.25) is 0 Å². The molecule has 158 valence electrons. The van der Waals surface area contributed by atoms with Gasteiger partial charge in [-0.1, -0.05) is 30.3 Å². The minimum Gasteiger partial charge on any atom is -0.342 e. The van der Waals surface area contributed by atoms with E-state index >= 15 is 0 Å². The lowest BCUT2D eigenvalue weighted by molar-refractivity contribution is -0.384. The molecule has 1 aliphatic rings. The number of carbonyl (C=O) groups is 1. The quantitative estimate of drug-likeness (QED) is 0.370. The van der Waals surface area contributed by atoms with Crippen LogP contribution in [0.3, 0.4) is 0 Å². The van der Waals surface area contributed by atoms with Gasteiger partial charge in [-0.15, -0.1) is 0 Å². The molecule has 6 heteroatoms. The largest absolute Gasteiger partial charge is 0.342 e. The summed E-state index contributed by atoms with van der Waals surface area (Å²) >= 11 is 0. The van der Waals surface area contributed by atoms with Crippen molar-refractivity contribution in [2.75, 3.05) is 26.7 Å². The Morgan fingerprint density at radius 3 is 2.43 bits per heavy atom. The van der Waals surface area contributed by atoms with Gasteiger partial charge in [0.05, 0.1) is 4.92 Å². The molecule has 2 aromatic rings. The molecule has 0 N–H and O–H groups in total. The van der Waals surface area contributed by atoms with Gasteiger partial charge in [0.2, 0.25) is 5.91 Å². The Labute approximate surface area is 178 Å². The average Bonchev–Trinajstić information content (AvgIpc) is 2.77. The normalized spacial score (nSPS) is 15.4. The van der Waals surface area contributed by atoms with Crippen molar-refractivity contribution in [3.05, 3.63) is 81.9 Å². The predicted octanol–water partition coefficient (Wildman–Crippen LogP) is 4.37. The van der Waals surface area contributed by atoms with Crippen molar-refractivity contribution in [1.29, 1.82) is 0 Å². The second-order valence-electron chi connectivity index (χ2n) is 7.94. The molecule has 30 heavy (non-hydrogen) atoms. The number of non-ortho nitro benzene ring substituents is 1. The molecule has 0 spiro atoms. The summed E-state index contributed by atoms with van der Waals surface area (Å²) < 4.78 is 0. The Morgan fingerprint density at radius 1 is 1.13 bits per heavy atom. The number of benzene rings is 2. The number of nitrogens with zero attached hydrogens (tertiary/aromatic N) is 3. The fraction of sp³-hybridized carbons (Fsp3) is 0.375. The lowest BCUT2D eigenvalue weighted by atomic mass is 9.93. The molecule has 1 saturated heterocycles. The fourth-order valence-corrected chi connectivity index (χ4v) is 3.76. The number of amides is 1. The van der Waals surface area contributed by atoms with Crippen molar-refractivity contribution in [1.82, 2.24) is 9.80 Å². The maximum absolute atomic E-state index is 12.3. The molecule has 0 aromatic heterocycles. The Bertz CT molecular complexity index is 857. The van der Waals surface area contributed by atoms with Crippen LogP contribution < -0.4 is 0 Å². The molecule has 0 radical (unpaired) electrons. The van der Waals surface area contributed by atoms with Crippen molar-refractivity contribution in [2.45, 2.75) is 25.8 Å². The molecule has 6 nitrogen and oxygen atoms in total. The van der Waals surface area contributed by atoms with E-state index in [1.54, 1.807) is 23.1 Å². The second kappa shape index (κ2) is 10.7. The zero-order chi connectivity index (χ0) is 21.3. The van der Waals surface area contributed by atoms with Crippen LogP contribution >= 0.6 is 0 Å². The first-order valence-electron chi connectivity index (χ1n) is 10.4. The number of piperidine rings is 1. The van der Waals surface area contributed by atoms with Crippen LogP contribution in [0.1, 0.15) is 30.4 Å². The lowest BCUT2D eigenvalue weighted by Crippen LogP contribution is -2.35. The molecule has 0 unspecified atom stereocenters. The van der Waals surface area contributed by atoms with Crippen LogP contribution in [0, 0.1) is 16.0 Å². The number of likely N-dealkylation sites (tertiary alicyclic amines) is 1. The van der Waals surface area contributed by atoms with Crippen molar-refractivity contribution < 1.29 is 9.72 Å². The molecule has 0 saturated carbocycles. The molecule has 0 bridgehead atoms. The summed E-state index contributed by atoms with van der Waals surface area (Å²) in [5, 5.41) is 10.7. The third-order valence-electron chi connectivity index (χ3n) is 5.73. The summed E-state index contributed by atoms with van der Waals surface area (Å²) in [7, 11) is 1.83. The van der Waals surface area contributed by atoms with Crippen molar-refractivity contribution in [3.8, 4) is 0 Å². The summed E-state index contributed by atoms with van der Waals surface area (Å²) in [5.74, 6) is 0.612. The maximum Gasteiger partial charge on any atom is 0.269 e. The molecule has 0 aliphatic carbocycles. The van der Waals surface area contributed by atoms with Crippen LogP contribution in [0.4, 0.5) is 5.69 Å². The third kappa shape index (κ3) is 6.52. The number of carbonyl (C=O) groups excluding carboxylic acids is 1. The highest BCUT2D eigenvalue weighted by molar-refractivity contribution is 5.91. The summed E-state index contributed by atoms with van der Waals surface area (Å²) in [6.07, 6.45) is 6.60. The zero-order valence-electron chi connectivity index (χ0n) is 17.4. The smallest absolute Gasteiger partial charge is 0.269 e. The minimum absolute atomic E-state index is 0.0464. The molecule has 3 rings (SSSR count). The predicted molar refractivity (Wildman–Crippen MR) is 119 cm³/mol. The van der Waals surface area contributed by atoms with Gasteiger partial charge >= 0.3 is 0 Å². The molecule has 2 aromatic carbocycles. The zero-order valence-corrected chi connectivity index (χ0v) is 17.4. The topological polar surface area (TPSA) is 66.7 Å². The Balaban J connectivity index is 1.38. The van der Waals surface area contributed by atoms with Gasteiger partial charge in [0.25, 0.3) is 5.69 Å². The first-order valence-corrected chi connectivity index (χ1v) is 10.4. The highest BCUT2D eigenvalue weighted by Crippen LogP contribution is 2.22. The SMILES string of the molecule is CN(CCC1CCN(Cc2ccccc2)CC1)C(=O)/C=C/c1ccc([N+](=O)[O-])cc1. The maximum atomic E-state index is 12.3. The first-order chi connectivity index (χ1) is 14.5. The van der Waals surface area contributed by atoms with E-state index < -0.39 is 4.92 Å². The van der Waals surface area contributed by atoms with E-state index in [1.165, 1.54) is 36.6 Å². The van der Waals surface area contributed by atoms with E-state index in [4.69, 9.17) is 0 Å². The van der Waals surface area contributed by atoms with Gasteiger partial charge < -0.3 is 4.90 Å². The van der Waals surface area contributed by atoms with Gasteiger partial charge in [-0.2, -0.15) is 0 Å². The molecule has 1 heterocycles. The van der Waals surface area contributed by atoms with E-state index in [0.29, 0.717) is 5.92 Å². The van der Waals surface area contributed by atoms with Gasteiger partial charge in [0.1, 0.15) is 0 Å². The highest BCUT2D eigenvalue weighted by Gasteiger charge is 2.20. The second-order valence-corrected chi connectivity index (χ2v) is 7.94. The molecule has 1 amide bonds. The minimum atomic E-state index is -0.432. The Morgan fingerprint density at radius 2 is 1.80 bits per heavy atom. The summed E-state index contributed by atoms with van der Waals surface area (Å²) in [6.45, 7) is 3.97. The number of hydrogen-bond acceptors (Lipinski definition) is 4. The number of rotatable bonds is 8. The summed E-state index contributed by atoms with van der Waals surface area (Å²) in [5.41, 5.74) is 2.18. The molecular formula is C24H29N3O3. The van der Waals surface area contributed by atoms with E-state index in [2.05, 4.69) is 35.2 Å². The number of nitro benzene ring substituents is 1. The van der Waals surface area contributed by atoms with Crippen LogP contribution in [0.15, 0.2) is 60.7 Å². The number of hydrogen-bond donors (Lipinski definition) is 0. The molecular weight excluding hydrogens is 378 g/mol. The lowest BCUT2D eigenvalue weighted by Gasteiger charge is -2.32.